The van der Waals surface area contributed by atoms with Gasteiger partial charge in [-0.1, -0.05) is 127 Å². The van der Waals surface area contributed by atoms with Crippen LogP contribution in [-0.2, 0) is 11.8 Å². The van der Waals surface area contributed by atoms with Crippen LogP contribution in [0.2, 0.25) is 0 Å². The Kier molecular flexibility index (Phi) is 5.51. The third-order valence-electron chi connectivity index (χ3n) is 10.7. The fourth-order valence-electron chi connectivity index (χ4n) is 8.75. The summed E-state index contributed by atoms with van der Waals surface area (Å²) in [4.78, 5) is 4.81. The number of para-hydroxylation sites is 2. The average molecular weight is 601 g/mol. The van der Waals surface area contributed by atoms with E-state index in [9.17, 15) is 0 Å². The summed E-state index contributed by atoms with van der Waals surface area (Å²) in [5, 5.41) is 0. The first-order valence-corrected chi connectivity index (χ1v) is 16.5. The Morgan fingerprint density at radius 2 is 1.00 bits per heavy atom. The highest BCUT2D eigenvalue weighted by Crippen LogP contribution is 2.64. The molecule has 7 aromatic rings. The van der Waals surface area contributed by atoms with Gasteiger partial charge in [-0.15, -0.1) is 0 Å². The van der Waals surface area contributed by atoms with Crippen LogP contribution >= 0.6 is 0 Å². The van der Waals surface area contributed by atoms with E-state index in [2.05, 4.69) is 181 Å². The van der Waals surface area contributed by atoms with Crippen LogP contribution in [0.15, 0.2) is 164 Å². The topological polar surface area (TPSA) is 6.48 Å². The van der Waals surface area contributed by atoms with Gasteiger partial charge in [0.25, 0.3) is 0 Å². The van der Waals surface area contributed by atoms with Gasteiger partial charge < -0.3 is 9.80 Å². The summed E-state index contributed by atoms with van der Waals surface area (Å²) in [5.41, 5.74) is 19.1. The molecular formula is C45H32N2. The van der Waals surface area contributed by atoms with Gasteiger partial charge in [-0.05, 0) is 86.5 Å². The van der Waals surface area contributed by atoms with Crippen molar-refractivity contribution in [1.29, 1.82) is 0 Å². The maximum atomic E-state index is 2.43. The van der Waals surface area contributed by atoms with Gasteiger partial charge in [0, 0.05) is 47.5 Å². The molecule has 0 bridgehead atoms. The summed E-state index contributed by atoms with van der Waals surface area (Å²) < 4.78 is 0. The molecule has 222 valence electrons. The van der Waals surface area contributed by atoms with Crippen LogP contribution in [0, 0.1) is 0 Å². The number of rotatable bonds is 3. The molecule has 47 heavy (non-hydrogen) atoms. The Balaban J connectivity index is 1.16. The molecule has 1 heterocycles. The summed E-state index contributed by atoms with van der Waals surface area (Å²) >= 11 is 0. The fraction of sp³-hybridized carbons (Fsp3) is 0.0667. The van der Waals surface area contributed by atoms with Crippen LogP contribution in [0.3, 0.4) is 0 Å². The molecule has 1 aliphatic heterocycles. The second-order valence-electron chi connectivity index (χ2n) is 12.9. The maximum absolute atomic E-state index is 2.43. The van der Waals surface area contributed by atoms with Gasteiger partial charge >= 0.3 is 0 Å². The Hall–Kier alpha value is -5.86. The molecule has 2 aliphatic carbocycles. The molecule has 3 aliphatic rings. The van der Waals surface area contributed by atoms with Gasteiger partial charge in [0.2, 0.25) is 0 Å². The summed E-state index contributed by atoms with van der Waals surface area (Å²) in [6.07, 6.45) is 0.950. The zero-order chi connectivity index (χ0) is 31.1. The van der Waals surface area contributed by atoms with Crippen molar-refractivity contribution < 1.29 is 0 Å². The van der Waals surface area contributed by atoms with Crippen molar-refractivity contribution in [2.45, 2.75) is 11.8 Å². The van der Waals surface area contributed by atoms with Gasteiger partial charge in [0.1, 0.15) is 0 Å². The molecule has 0 unspecified atom stereocenters. The van der Waals surface area contributed by atoms with Crippen molar-refractivity contribution >= 4 is 28.4 Å². The van der Waals surface area contributed by atoms with Crippen LogP contribution in [0.5, 0.6) is 0 Å². The standard InChI is InChI=1S/C45H32N2/c1-46(32-16-12-17-33(29-32)47-41-25-10-2-14-30(41)28-31-15-3-11-26-42(31)47)43-27-13-24-40-44(43)36-20-6-9-23-39(36)45(40)37-21-7-4-18-34(37)35-19-5-8-22-38(35)45/h2-27,29H,28H2,1H3. The summed E-state index contributed by atoms with van der Waals surface area (Å²) in [7, 11) is 2.22. The van der Waals surface area contributed by atoms with E-state index in [1.165, 1.54) is 72.7 Å². The minimum atomic E-state index is -0.348. The molecule has 0 aromatic heterocycles. The fourth-order valence-corrected chi connectivity index (χ4v) is 8.75. The number of hydrogen-bond donors (Lipinski definition) is 0. The molecule has 0 fully saturated rings. The number of anilines is 5. The lowest BCUT2D eigenvalue weighted by Gasteiger charge is -2.34. The van der Waals surface area contributed by atoms with Crippen molar-refractivity contribution in [3.05, 3.63) is 197 Å². The molecule has 2 nitrogen and oxygen atoms in total. The van der Waals surface area contributed by atoms with E-state index in [4.69, 9.17) is 0 Å². The van der Waals surface area contributed by atoms with Crippen LogP contribution in [-0.4, -0.2) is 7.05 Å². The van der Waals surface area contributed by atoms with E-state index in [1.54, 1.807) is 0 Å². The van der Waals surface area contributed by atoms with Crippen molar-refractivity contribution in [1.82, 2.24) is 0 Å². The highest BCUT2D eigenvalue weighted by molar-refractivity contribution is 5.99. The van der Waals surface area contributed by atoms with E-state index >= 15 is 0 Å². The van der Waals surface area contributed by atoms with Gasteiger partial charge in [-0.2, -0.15) is 0 Å². The molecule has 7 aromatic carbocycles. The smallest absolute Gasteiger partial charge is 0.0726 e. The Morgan fingerprint density at radius 1 is 0.489 bits per heavy atom. The molecule has 10 rings (SSSR count). The van der Waals surface area contributed by atoms with Crippen LogP contribution < -0.4 is 9.80 Å². The lowest BCUT2D eigenvalue weighted by molar-refractivity contribution is 0.793. The minimum absolute atomic E-state index is 0.348. The number of benzene rings is 7. The third kappa shape index (κ3) is 3.50. The Morgan fingerprint density at radius 3 is 1.66 bits per heavy atom. The number of nitrogens with zero attached hydrogens (tertiary/aromatic N) is 2. The lowest BCUT2D eigenvalue weighted by atomic mass is 9.70. The highest BCUT2D eigenvalue weighted by atomic mass is 15.2. The molecular weight excluding hydrogens is 569 g/mol. The molecule has 0 N–H and O–H groups in total. The molecule has 2 heteroatoms. The second kappa shape index (κ2) is 9.82. The predicted molar refractivity (Wildman–Crippen MR) is 195 cm³/mol. The van der Waals surface area contributed by atoms with Gasteiger partial charge in [0.05, 0.1) is 5.41 Å². The zero-order valence-corrected chi connectivity index (χ0v) is 26.2. The SMILES string of the molecule is CN(c1cccc(N2c3ccccc3Cc3ccccc32)c1)c1cccc2c1-c1ccccc1C21c2ccccc2-c2ccccc21. The molecule has 0 saturated heterocycles. The van der Waals surface area contributed by atoms with Gasteiger partial charge in [-0.3, -0.25) is 0 Å². The van der Waals surface area contributed by atoms with Crippen LogP contribution in [0.4, 0.5) is 28.4 Å². The quantitative estimate of drug-likeness (QED) is 0.199. The predicted octanol–water partition coefficient (Wildman–Crippen LogP) is 11.2. The van der Waals surface area contributed by atoms with Gasteiger partial charge in [-0.25, -0.2) is 0 Å². The average Bonchev–Trinajstić information content (AvgIpc) is 3.61. The highest BCUT2D eigenvalue weighted by Gasteiger charge is 2.52. The maximum Gasteiger partial charge on any atom is 0.0726 e. The van der Waals surface area contributed by atoms with Crippen molar-refractivity contribution in [2.75, 3.05) is 16.8 Å². The Bertz CT molecular complexity index is 2290. The van der Waals surface area contributed by atoms with E-state index in [1.807, 2.05) is 0 Å². The zero-order valence-electron chi connectivity index (χ0n) is 26.2. The summed E-state index contributed by atoms with van der Waals surface area (Å²) in [6, 6.07) is 60.6. The van der Waals surface area contributed by atoms with Crippen LogP contribution in [0.1, 0.15) is 33.4 Å². The lowest BCUT2D eigenvalue weighted by Crippen LogP contribution is -2.26. The Labute approximate surface area is 275 Å². The largest absolute Gasteiger partial charge is 0.344 e. The van der Waals surface area contributed by atoms with Crippen molar-refractivity contribution in [3.63, 3.8) is 0 Å². The molecule has 0 amide bonds. The first-order chi connectivity index (χ1) is 23.2. The number of fused-ring (bicyclic) bond motifs is 12. The minimum Gasteiger partial charge on any atom is -0.344 e. The molecule has 0 radical (unpaired) electrons. The van der Waals surface area contributed by atoms with E-state index in [0.717, 1.165) is 17.8 Å². The molecule has 1 spiro atoms. The normalized spacial score (nSPS) is 14.1. The van der Waals surface area contributed by atoms with Crippen molar-refractivity contribution in [3.8, 4) is 22.3 Å². The van der Waals surface area contributed by atoms with E-state index in [-0.39, 0.29) is 5.41 Å². The third-order valence-corrected chi connectivity index (χ3v) is 10.7. The van der Waals surface area contributed by atoms with Crippen LogP contribution in [0.25, 0.3) is 22.3 Å². The van der Waals surface area contributed by atoms with E-state index in [0.29, 0.717) is 0 Å². The van der Waals surface area contributed by atoms with E-state index < -0.39 is 0 Å². The summed E-state index contributed by atoms with van der Waals surface area (Å²) in [6.45, 7) is 0. The molecule has 0 atom stereocenters. The van der Waals surface area contributed by atoms with Gasteiger partial charge in [0.15, 0.2) is 0 Å². The second-order valence-corrected chi connectivity index (χ2v) is 12.9. The monoisotopic (exact) mass is 600 g/mol. The first-order valence-electron chi connectivity index (χ1n) is 16.5. The van der Waals surface area contributed by atoms with Crippen molar-refractivity contribution in [2.24, 2.45) is 0 Å². The molecule has 0 saturated carbocycles. The first kappa shape index (κ1) is 26.4. The summed E-state index contributed by atoms with van der Waals surface area (Å²) in [5.74, 6) is 0. The number of hydrogen-bond acceptors (Lipinski definition) is 2.